The van der Waals surface area contributed by atoms with E-state index in [4.69, 9.17) is 5.73 Å². The molecule has 0 bridgehead atoms. The minimum Gasteiger partial charge on any atom is -0.384 e. The second-order valence-corrected chi connectivity index (χ2v) is 6.10. The molecule has 1 aromatic heterocycles. The van der Waals surface area contributed by atoms with E-state index in [0.717, 1.165) is 25.0 Å². The fraction of sp³-hybridized carbons (Fsp3) is 0.733. The van der Waals surface area contributed by atoms with Crippen molar-refractivity contribution in [2.24, 2.45) is 5.92 Å². The van der Waals surface area contributed by atoms with Crippen LogP contribution in [0.25, 0.3) is 0 Å². The molecule has 0 saturated carbocycles. The molecule has 0 aliphatic carbocycles. The molecule has 0 spiro atoms. The first-order chi connectivity index (χ1) is 9.81. The van der Waals surface area contributed by atoms with Crippen LogP contribution in [0.4, 0.5) is 11.8 Å². The molecule has 0 aromatic carbocycles. The monoisotopic (exact) mass is 275 g/mol. The molecule has 3 rings (SSSR count). The van der Waals surface area contributed by atoms with Crippen molar-refractivity contribution in [2.45, 2.75) is 32.1 Å². The predicted molar refractivity (Wildman–Crippen MR) is 81.7 cm³/mol. The van der Waals surface area contributed by atoms with Crippen LogP contribution in [0.15, 0.2) is 12.3 Å². The molecule has 3 heterocycles. The van der Waals surface area contributed by atoms with Crippen LogP contribution in [-0.4, -0.2) is 47.6 Å². The third-order valence-corrected chi connectivity index (χ3v) is 4.43. The number of nitrogens with two attached hydrogens (primary N) is 1. The first-order valence-electron chi connectivity index (χ1n) is 7.87. The van der Waals surface area contributed by atoms with Gasteiger partial charge in [-0.1, -0.05) is 6.42 Å². The zero-order valence-corrected chi connectivity index (χ0v) is 12.2. The molecule has 2 fully saturated rings. The van der Waals surface area contributed by atoms with Gasteiger partial charge in [0, 0.05) is 25.8 Å². The van der Waals surface area contributed by atoms with Gasteiger partial charge in [-0.3, -0.25) is 0 Å². The lowest BCUT2D eigenvalue weighted by molar-refractivity contribution is 0.185. The first kappa shape index (κ1) is 13.6. The van der Waals surface area contributed by atoms with E-state index in [1.165, 1.54) is 51.7 Å². The molecule has 2 saturated heterocycles. The average molecular weight is 275 g/mol. The van der Waals surface area contributed by atoms with Gasteiger partial charge in [0.05, 0.1) is 0 Å². The Morgan fingerprint density at radius 2 is 2.00 bits per heavy atom. The van der Waals surface area contributed by atoms with Crippen molar-refractivity contribution in [1.29, 1.82) is 0 Å². The minimum absolute atomic E-state index is 0.563. The number of likely N-dealkylation sites (tertiary alicyclic amines) is 1. The molecule has 2 aliphatic heterocycles. The number of hydrogen-bond acceptors (Lipinski definition) is 5. The molecule has 1 unspecified atom stereocenters. The van der Waals surface area contributed by atoms with Gasteiger partial charge in [-0.2, -0.15) is 4.98 Å². The van der Waals surface area contributed by atoms with Gasteiger partial charge in [0.2, 0.25) is 5.95 Å². The highest BCUT2D eigenvalue weighted by Gasteiger charge is 2.24. The molecule has 5 heteroatoms. The van der Waals surface area contributed by atoms with Gasteiger partial charge < -0.3 is 15.5 Å². The molecular formula is C15H25N5. The van der Waals surface area contributed by atoms with Gasteiger partial charge in [-0.05, 0) is 50.8 Å². The number of anilines is 2. The summed E-state index contributed by atoms with van der Waals surface area (Å²) in [6, 6.07) is 1.75. The SMILES string of the molecule is Nc1ccnc(N2CCCC(CN3CCCCC3)C2)n1. The largest absolute Gasteiger partial charge is 0.384 e. The number of nitrogen functional groups attached to an aromatic ring is 1. The summed E-state index contributed by atoms with van der Waals surface area (Å²) >= 11 is 0. The standard InChI is InChI=1S/C15H25N5/c16-14-6-7-17-15(18-14)20-10-4-5-13(12-20)11-19-8-2-1-3-9-19/h6-7,13H,1-5,8-12H2,(H2,16,17,18). The number of piperidine rings is 2. The van der Waals surface area contributed by atoms with Crippen molar-refractivity contribution in [3.05, 3.63) is 12.3 Å². The Hall–Kier alpha value is -1.36. The summed E-state index contributed by atoms with van der Waals surface area (Å²) in [5, 5.41) is 0. The van der Waals surface area contributed by atoms with Gasteiger partial charge in [0.15, 0.2) is 0 Å². The van der Waals surface area contributed by atoms with Crippen molar-refractivity contribution in [1.82, 2.24) is 14.9 Å². The van der Waals surface area contributed by atoms with E-state index in [9.17, 15) is 0 Å². The van der Waals surface area contributed by atoms with Crippen molar-refractivity contribution < 1.29 is 0 Å². The summed E-state index contributed by atoms with van der Waals surface area (Å²) in [7, 11) is 0. The van der Waals surface area contributed by atoms with Crippen molar-refractivity contribution in [3.8, 4) is 0 Å². The van der Waals surface area contributed by atoms with E-state index in [-0.39, 0.29) is 0 Å². The number of aromatic nitrogens is 2. The van der Waals surface area contributed by atoms with E-state index >= 15 is 0 Å². The molecule has 20 heavy (non-hydrogen) atoms. The van der Waals surface area contributed by atoms with Crippen molar-refractivity contribution >= 4 is 11.8 Å². The fourth-order valence-electron chi connectivity index (χ4n) is 3.42. The van der Waals surface area contributed by atoms with Crippen LogP contribution in [0.5, 0.6) is 0 Å². The normalized spacial score (nSPS) is 24.8. The molecule has 0 radical (unpaired) electrons. The third-order valence-electron chi connectivity index (χ3n) is 4.43. The van der Waals surface area contributed by atoms with Crippen LogP contribution in [-0.2, 0) is 0 Å². The molecule has 1 aromatic rings. The topological polar surface area (TPSA) is 58.3 Å². The Labute approximate surface area is 121 Å². The van der Waals surface area contributed by atoms with Crippen LogP contribution in [0.3, 0.4) is 0 Å². The summed E-state index contributed by atoms with van der Waals surface area (Å²) < 4.78 is 0. The van der Waals surface area contributed by atoms with E-state index in [2.05, 4.69) is 19.8 Å². The van der Waals surface area contributed by atoms with Gasteiger partial charge >= 0.3 is 0 Å². The van der Waals surface area contributed by atoms with Gasteiger partial charge in [0.1, 0.15) is 5.82 Å². The van der Waals surface area contributed by atoms with E-state index in [1.54, 1.807) is 12.3 Å². The zero-order valence-electron chi connectivity index (χ0n) is 12.2. The number of rotatable bonds is 3. The number of hydrogen-bond donors (Lipinski definition) is 1. The summed E-state index contributed by atoms with van der Waals surface area (Å²) in [5.41, 5.74) is 5.76. The molecule has 5 nitrogen and oxygen atoms in total. The first-order valence-corrected chi connectivity index (χ1v) is 7.87. The van der Waals surface area contributed by atoms with Crippen LogP contribution < -0.4 is 10.6 Å². The molecule has 2 aliphatic rings. The zero-order chi connectivity index (χ0) is 13.8. The summed E-state index contributed by atoms with van der Waals surface area (Å²) in [5.74, 6) is 2.10. The second-order valence-electron chi connectivity index (χ2n) is 6.10. The minimum atomic E-state index is 0.563. The van der Waals surface area contributed by atoms with Gasteiger partial charge in [-0.15, -0.1) is 0 Å². The Morgan fingerprint density at radius 1 is 1.15 bits per heavy atom. The number of nitrogens with zero attached hydrogens (tertiary/aromatic N) is 4. The van der Waals surface area contributed by atoms with Crippen LogP contribution in [0.2, 0.25) is 0 Å². The maximum atomic E-state index is 5.76. The Morgan fingerprint density at radius 3 is 2.80 bits per heavy atom. The summed E-state index contributed by atoms with van der Waals surface area (Å²) in [4.78, 5) is 13.7. The molecule has 110 valence electrons. The third kappa shape index (κ3) is 3.39. The highest BCUT2D eigenvalue weighted by atomic mass is 15.3. The predicted octanol–water partition coefficient (Wildman–Crippen LogP) is 1.76. The average Bonchev–Trinajstić information content (AvgIpc) is 2.49. The molecular weight excluding hydrogens is 250 g/mol. The maximum absolute atomic E-state index is 5.76. The lowest BCUT2D eigenvalue weighted by Gasteiger charge is -2.36. The van der Waals surface area contributed by atoms with Gasteiger partial charge in [-0.25, -0.2) is 4.98 Å². The molecule has 0 amide bonds. The Balaban J connectivity index is 1.58. The van der Waals surface area contributed by atoms with Gasteiger partial charge in [0.25, 0.3) is 0 Å². The van der Waals surface area contributed by atoms with Crippen LogP contribution >= 0.6 is 0 Å². The van der Waals surface area contributed by atoms with Crippen LogP contribution in [0, 0.1) is 5.92 Å². The Kier molecular flexibility index (Phi) is 4.35. The van der Waals surface area contributed by atoms with E-state index in [0.29, 0.717) is 5.82 Å². The van der Waals surface area contributed by atoms with E-state index < -0.39 is 0 Å². The molecule has 2 N–H and O–H groups in total. The summed E-state index contributed by atoms with van der Waals surface area (Å²) in [6.45, 7) is 5.93. The lowest BCUT2D eigenvalue weighted by atomic mass is 9.96. The second kappa shape index (κ2) is 6.39. The highest BCUT2D eigenvalue weighted by molar-refractivity contribution is 5.38. The lowest BCUT2D eigenvalue weighted by Crippen LogP contribution is -2.43. The van der Waals surface area contributed by atoms with Crippen LogP contribution in [0.1, 0.15) is 32.1 Å². The summed E-state index contributed by atoms with van der Waals surface area (Å²) in [6.07, 6.45) is 8.46. The maximum Gasteiger partial charge on any atom is 0.227 e. The van der Waals surface area contributed by atoms with Crippen molar-refractivity contribution in [3.63, 3.8) is 0 Å². The fourth-order valence-corrected chi connectivity index (χ4v) is 3.42. The van der Waals surface area contributed by atoms with Crippen molar-refractivity contribution in [2.75, 3.05) is 43.4 Å². The Bertz CT molecular complexity index is 430. The quantitative estimate of drug-likeness (QED) is 0.911. The smallest absolute Gasteiger partial charge is 0.227 e. The van der Waals surface area contributed by atoms with E-state index in [1.807, 2.05) is 0 Å². The molecule has 1 atom stereocenters. The highest BCUT2D eigenvalue weighted by Crippen LogP contribution is 2.22.